The van der Waals surface area contributed by atoms with E-state index in [4.69, 9.17) is 4.42 Å². The molecule has 0 radical (unpaired) electrons. The highest BCUT2D eigenvalue weighted by atomic mass is 16.3. The van der Waals surface area contributed by atoms with Crippen molar-refractivity contribution in [2.45, 2.75) is 0 Å². The van der Waals surface area contributed by atoms with Crippen LogP contribution in [0, 0.1) is 0 Å². The summed E-state index contributed by atoms with van der Waals surface area (Å²) in [5, 5.41) is 4.72. The minimum atomic E-state index is 0.890. The Morgan fingerprint density at radius 3 is 1.47 bits per heavy atom. The second-order valence-corrected chi connectivity index (χ2v) is 15.2. The van der Waals surface area contributed by atoms with Gasteiger partial charge in [-0.05, 0) is 91.7 Å². The molecule has 0 bridgehead atoms. The number of anilines is 3. The Bertz CT molecular complexity index is 3280. The third-order valence-electron chi connectivity index (χ3n) is 11.7. The summed E-state index contributed by atoms with van der Waals surface area (Å²) in [6.45, 7) is 0. The molecule has 11 rings (SSSR count). The molecule has 0 aliphatic carbocycles. The topological polar surface area (TPSA) is 16.4 Å². The molecule has 11 aromatic rings. The van der Waals surface area contributed by atoms with Crippen LogP contribution in [0.5, 0.6) is 0 Å². The molecule has 60 heavy (non-hydrogen) atoms. The molecule has 0 unspecified atom stereocenters. The first-order chi connectivity index (χ1) is 29.8. The molecule has 1 aromatic heterocycles. The van der Waals surface area contributed by atoms with Gasteiger partial charge in [0.2, 0.25) is 0 Å². The number of rotatable bonds is 8. The molecule has 0 aliphatic heterocycles. The maximum Gasteiger partial charge on any atom is 0.143 e. The van der Waals surface area contributed by atoms with Crippen LogP contribution in [0.15, 0.2) is 241 Å². The van der Waals surface area contributed by atoms with Gasteiger partial charge in [-0.15, -0.1) is 0 Å². The Labute approximate surface area is 349 Å². The number of nitrogens with zero attached hydrogens (tertiary/aromatic N) is 1. The summed E-state index contributed by atoms with van der Waals surface area (Å²) in [6, 6.07) is 84.8. The van der Waals surface area contributed by atoms with Crippen molar-refractivity contribution in [1.29, 1.82) is 0 Å². The number of hydrogen-bond acceptors (Lipinski definition) is 2. The van der Waals surface area contributed by atoms with Crippen LogP contribution >= 0.6 is 0 Å². The minimum Gasteiger partial charge on any atom is -0.455 e. The zero-order chi connectivity index (χ0) is 39.8. The number of benzene rings is 10. The van der Waals surface area contributed by atoms with Crippen LogP contribution in [-0.4, -0.2) is 0 Å². The fourth-order valence-electron chi connectivity index (χ4n) is 8.79. The van der Waals surface area contributed by atoms with Gasteiger partial charge in [0.1, 0.15) is 11.2 Å². The molecule has 10 aromatic carbocycles. The monoisotopic (exact) mass is 765 g/mol. The Kier molecular flexibility index (Phi) is 8.87. The van der Waals surface area contributed by atoms with Gasteiger partial charge >= 0.3 is 0 Å². The summed E-state index contributed by atoms with van der Waals surface area (Å²) in [4.78, 5) is 2.37. The first kappa shape index (κ1) is 35.2. The Balaban J connectivity index is 1.03. The summed E-state index contributed by atoms with van der Waals surface area (Å²) in [6.07, 6.45) is 0. The second kappa shape index (κ2) is 15.1. The average molecular weight is 766 g/mol. The quantitative estimate of drug-likeness (QED) is 0.153. The van der Waals surface area contributed by atoms with Gasteiger partial charge in [-0.3, -0.25) is 0 Å². The molecule has 0 N–H and O–H groups in total. The van der Waals surface area contributed by atoms with E-state index in [9.17, 15) is 0 Å². The van der Waals surface area contributed by atoms with Crippen LogP contribution in [0.2, 0.25) is 0 Å². The molecule has 0 saturated heterocycles. The maximum atomic E-state index is 6.61. The Morgan fingerprint density at radius 2 is 0.733 bits per heavy atom. The summed E-state index contributed by atoms with van der Waals surface area (Å²) >= 11 is 0. The molecule has 0 saturated carbocycles. The second-order valence-electron chi connectivity index (χ2n) is 15.2. The highest BCUT2D eigenvalue weighted by Crippen LogP contribution is 2.45. The minimum absolute atomic E-state index is 0.890. The van der Waals surface area contributed by atoms with Crippen LogP contribution in [0.3, 0.4) is 0 Å². The molecule has 282 valence electrons. The van der Waals surface area contributed by atoms with Crippen molar-refractivity contribution < 1.29 is 4.42 Å². The van der Waals surface area contributed by atoms with E-state index in [-0.39, 0.29) is 0 Å². The SMILES string of the molecule is c1ccc(-c2ccc(-c3ccc(N(c4ccc(-c5ccccc5-c5cccc6ccccc56)cc4)c4ccccc4-c4cccc5c4oc4ccccc45)cc3)cc2)cc1. The summed E-state index contributed by atoms with van der Waals surface area (Å²) in [5.41, 5.74) is 16.7. The zero-order valence-electron chi connectivity index (χ0n) is 32.9. The van der Waals surface area contributed by atoms with Gasteiger partial charge in [0.25, 0.3) is 0 Å². The molecule has 0 atom stereocenters. The van der Waals surface area contributed by atoms with E-state index in [2.05, 4.69) is 229 Å². The van der Waals surface area contributed by atoms with Gasteiger partial charge in [-0.25, -0.2) is 0 Å². The van der Waals surface area contributed by atoms with Crippen molar-refractivity contribution in [2.24, 2.45) is 0 Å². The summed E-state index contributed by atoms with van der Waals surface area (Å²) < 4.78 is 6.61. The van der Waals surface area contributed by atoms with Gasteiger partial charge < -0.3 is 9.32 Å². The molecule has 0 aliphatic rings. The molecule has 0 amide bonds. The zero-order valence-corrected chi connectivity index (χ0v) is 32.9. The highest BCUT2D eigenvalue weighted by molar-refractivity contribution is 6.11. The fourth-order valence-corrected chi connectivity index (χ4v) is 8.79. The van der Waals surface area contributed by atoms with E-state index < -0.39 is 0 Å². The Morgan fingerprint density at radius 1 is 0.267 bits per heavy atom. The fraction of sp³-hybridized carbons (Fsp3) is 0. The number of para-hydroxylation sites is 3. The van der Waals surface area contributed by atoms with Crippen molar-refractivity contribution in [3.05, 3.63) is 237 Å². The van der Waals surface area contributed by atoms with E-state index in [1.165, 1.54) is 49.7 Å². The van der Waals surface area contributed by atoms with Crippen molar-refractivity contribution in [2.75, 3.05) is 4.90 Å². The lowest BCUT2D eigenvalue weighted by atomic mass is 9.91. The number of fused-ring (bicyclic) bond motifs is 4. The van der Waals surface area contributed by atoms with E-state index in [1.54, 1.807) is 0 Å². The van der Waals surface area contributed by atoms with Crippen LogP contribution in [0.4, 0.5) is 17.1 Å². The van der Waals surface area contributed by atoms with Gasteiger partial charge in [0.15, 0.2) is 0 Å². The molecular formula is C58H39NO. The summed E-state index contributed by atoms with van der Waals surface area (Å²) in [5.74, 6) is 0. The smallest absolute Gasteiger partial charge is 0.143 e. The van der Waals surface area contributed by atoms with Crippen molar-refractivity contribution in [1.82, 2.24) is 0 Å². The highest BCUT2D eigenvalue weighted by Gasteiger charge is 2.21. The van der Waals surface area contributed by atoms with Gasteiger partial charge in [0.05, 0.1) is 5.69 Å². The molecule has 1 heterocycles. The first-order valence-electron chi connectivity index (χ1n) is 20.5. The maximum absolute atomic E-state index is 6.61. The van der Waals surface area contributed by atoms with Crippen molar-refractivity contribution in [3.8, 4) is 55.6 Å². The van der Waals surface area contributed by atoms with E-state index in [0.29, 0.717) is 0 Å². The lowest BCUT2D eigenvalue weighted by molar-refractivity contribution is 0.670. The van der Waals surface area contributed by atoms with E-state index in [0.717, 1.165) is 55.7 Å². The lowest BCUT2D eigenvalue weighted by Crippen LogP contribution is -2.11. The standard InChI is InChI=1S/C58H39NO/c1-2-14-40(15-3-1)41-28-30-42(31-29-41)43-32-36-46(37-33-43)59(56-26-10-8-21-52(56)54-24-13-25-55-53-22-9-11-27-57(53)60-58(54)55)47-38-34-45(35-39-47)49-19-6-7-20-50(49)51-23-12-17-44-16-4-5-18-48(44)51/h1-39H. The first-order valence-corrected chi connectivity index (χ1v) is 20.5. The van der Waals surface area contributed by atoms with Crippen LogP contribution in [-0.2, 0) is 0 Å². The third-order valence-corrected chi connectivity index (χ3v) is 11.7. The predicted octanol–water partition coefficient (Wildman–Crippen LogP) is 16.5. The summed E-state index contributed by atoms with van der Waals surface area (Å²) in [7, 11) is 0. The van der Waals surface area contributed by atoms with Gasteiger partial charge in [-0.1, -0.05) is 200 Å². The molecular weight excluding hydrogens is 727 g/mol. The van der Waals surface area contributed by atoms with E-state index in [1.807, 2.05) is 12.1 Å². The molecule has 0 fully saturated rings. The molecule has 0 spiro atoms. The average Bonchev–Trinajstić information content (AvgIpc) is 3.72. The normalized spacial score (nSPS) is 11.3. The Hall–Kier alpha value is -7.94. The molecule has 2 heteroatoms. The van der Waals surface area contributed by atoms with E-state index >= 15 is 0 Å². The van der Waals surface area contributed by atoms with Gasteiger partial charge in [-0.2, -0.15) is 0 Å². The van der Waals surface area contributed by atoms with Crippen LogP contribution in [0.25, 0.3) is 88.3 Å². The molecule has 2 nitrogen and oxygen atoms in total. The van der Waals surface area contributed by atoms with Crippen LogP contribution < -0.4 is 4.90 Å². The third kappa shape index (κ3) is 6.32. The number of hydrogen-bond donors (Lipinski definition) is 0. The van der Waals surface area contributed by atoms with Crippen molar-refractivity contribution in [3.63, 3.8) is 0 Å². The lowest BCUT2D eigenvalue weighted by Gasteiger charge is -2.28. The van der Waals surface area contributed by atoms with Crippen molar-refractivity contribution >= 4 is 49.8 Å². The van der Waals surface area contributed by atoms with Crippen LogP contribution in [0.1, 0.15) is 0 Å². The van der Waals surface area contributed by atoms with Gasteiger partial charge in [0, 0.05) is 33.3 Å². The predicted molar refractivity (Wildman–Crippen MR) is 253 cm³/mol. The largest absolute Gasteiger partial charge is 0.455 e. The number of furan rings is 1.